The van der Waals surface area contributed by atoms with Crippen LogP contribution in [0.4, 0.5) is 13.2 Å². The van der Waals surface area contributed by atoms with Crippen LogP contribution in [0.1, 0.15) is 46.4 Å². The summed E-state index contributed by atoms with van der Waals surface area (Å²) < 4.78 is 37.4. The van der Waals surface area contributed by atoms with Crippen molar-refractivity contribution in [1.82, 2.24) is 14.8 Å². The Morgan fingerprint density at radius 1 is 1.24 bits per heavy atom. The first-order chi connectivity index (χ1) is 16.1. The lowest BCUT2D eigenvalue weighted by Crippen LogP contribution is -2.66. The quantitative estimate of drug-likeness (QED) is 0.658. The molecule has 1 aromatic carbocycles. The molecule has 186 valence electrons. The maximum atomic E-state index is 13.2. The third-order valence-corrected chi connectivity index (χ3v) is 6.93. The number of carbonyl (C=O) groups is 2. The molecule has 3 heterocycles. The van der Waals surface area contributed by atoms with Gasteiger partial charge in [-0.3, -0.25) is 9.69 Å². The number of hydrogen-bond acceptors (Lipinski definition) is 6. The monoisotopic (exact) mass is 499 g/mol. The molecule has 4 rings (SSSR count). The molecule has 0 saturated carbocycles. The Morgan fingerprint density at radius 3 is 2.50 bits per heavy atom. The summed E-state index contributed by atoms with van der Waals surface area (Å²) >= 11 is 1.77. The van der Waals surface area contributed by atoms with Crippen LogP contribution in [0, 0.1) is 6.92 Å². The first-order valence-corrected chi connectivity index (χ1v) is 11.8. The van der Waals surface area contributed by atoms with Gasteiger partial charge in [0, 0.05) is 42.8 Å². The molecule has 1 atom stereocenters. The number of piperidine rings is 1. The first-order valence-electron chi connectivity index (χ1n) is 11.0. The number of para-hydroxylation sites is 1. The molecule has 0 radical (unpaired) electrons. The molecule has 0 bridgehead atoms. The number of benzene rings is 1. The van der Waals surface area contributed by atoms with Crippen LogP contribution >= 0.6 is 11.3 Å². The molecule has 34 heavy (non-hydrogen) atoms. The zero-order valence-electron chi connectivity index (χ0n) is 19.1. The Bertz CT molecular complexity index is 1010. The second-order valence-electron chi connectivity index (χ2n) is 8.30. The molecule has 1 N–H and O–H groups in total. The molecule has 2 fully saturated rings. The van der Waals surface area contributed by atoms with Crippen LogP contribution in [-0.2, 0) is 11.3 Å². The van der Waals surface area contributed by atoms with Crippen molar-refractivity contribution in [1.29, 1.82) is 0 Å². The Hall–Kier alpha value is -2.66. The third kappa shape index (κ3) is 6.06. The van der Waals surface area contributed by atoms with E-state index in [0.29, 0.717) is 17.9 Å². The fraction of sp³-hybridized carbons (Fsp3) is 0.522. The smallest absolute Gasteiger partial charge is 0.490 e. The van der Waals surface area contributed by atoms with Gasteiger partial charge in [0.15, 0.2) is 0 Å². The number of carboxylic acid groups (broad SMARTS) is 1. The van der Waals surface area contributed by atoms with E-state index in [-0.39, 0.29) is 11.4 Å². The molecular weight excluding hydrogens is 471 g/mol. The summed E-state index contributed by atoms with van der Waals surface area (Å²) in [5.41, 5.74) is 0.812. The van der Waals surface area contributed by atoms with E-state index >= 15 is 0 Å². The topological polar surface area (TPSA) is 83.0 Å². The summed E-state index contributed by atoms with van der Waals surface area (Å²) in [6.07, 6.45) is 0.306. The van der Waals surface area contributed by atoms with Crippen LogP contribution in [0.3, 0.4) is 0 Å². The van der Waals surface area contributed by atoms with Crippen molar-refractivity contribution in [3.8, 4) is 5.75 Å². The Kier molecular flexibility index (Phi) is 8.19. The molecule has 1 amide bonds. The Morgan fingerprint density at radius 2 is 1.94 bits per heavy atom. The van der Waals surface area contributed by atoms with E-state index in [1.54, 1.807) is 11.3 Å². The van der Waals surface area contributed by atoms with Gasteiger partial charge in [-0.15, -0.1) is 11.3 Å². The number of rotatable bonds is 5. The fourth-order valence-corrected chi connectivity index (χ4v) is 5.15. The molecule has 0 aliphatic carbocycles. The molecule has 2 aliphatic heterocycles. The molecule has 7 nitrogen and oxygen atoms in total. The molecule has 1 unspecified atom stereocenters. The van der Waals surface area contributed by atoms with Gasteiger partial charge in [0.05, 0.1) is 17.2 Å². The van der Waals surface area contributed by atoms with Crippen molar-refractivity contribution in [2.24, 2.45) is 0 Å². The minimum atomic E-state index is -5.08. The van der Waals surface area contributed by atoms with Crippen LogP contribution < -0.4 is 4.74 Å². The van der Waals surface area contributed by atoms with Crippen molar-refractivity contribution in [2.45, 2.75) is 51.4 Å². The number of ether oxygens (including phenoxy) is 1. The second-order valence-corrected chi connectivity index (χ2v) is 9.62. The number of aliphatic carboxylic acids is 1. The number of amides is 1. The highest BCUT2D eigenvalue weighted by Gasteiger charge is 2.48. The van der Waals surface area contributed by atoms with Gasteiger partial charge in [-0.25, -0.2) is 9.78 Å². The number of likely N-dealkylation sites (tertiary alicyclic amines) is 2. The lowest BCUT2D eigenvalue weighted by atomic mass is 9.77. The average molecular weight is 500 g/mol. The largest absolute Gasteiger partial charge is 0.493 e. The summed E-state index contributed by atoms with van der Waals surface area (Å²) in [6.45, 7) is 8.26. The van der Waals surface area contributed by atoms with E-state index in [1.807, 2.05) is 42.3 Å². The summed E-state index contributed by atoms with van der Waals surface area (Å²) in [5.74, 6) is -1.97. The highest BCUT2D eigenvalue weighted by Crippen LogP contribution is 2.40. The Labute approximate surface area is 200 Å². The number of aromatic nitrogens is 1. The molecule has 2 aliphatic rings. The van der Waals surface area contributed by atoms with Crippen molar-refractivity contribution in [2.75, 3.05) is 26.2 Å². The van der Waals surface area contributed by atoms with E-state index in [9.17, 15) is 18.0 Å². The highest BCUT2D eigenvalue weighted by atomic mass is 32.1. The number of carboxylic acids is 1. The number of hydrogen-bond donors (Lipinski definition) is 1. The lowest BCUT2D eigenvalue weighted by molar-refractivity contribution is -0.192. The van der Waals surface area contributed by atoms with Gasteiger partial charge < -0.3 is 14.7 Å². The van der Waals surface area contributed by atoms with Gasteiger partial charge in [0.2, 0.25) is 0 Å². The van der Waals surface area contributed by atoms with Crippen molar-refractivity contribution >= 4 is 23.2 Å². The Balaban J connectivity index is 0.000000406. The van der Waals surface area contributed by atoms with Crippen molar-refractivity contribution in [3.63, 3.8) is 0 Å². The molecule has 1 spiro atoms. The van der Waals surface area contributed by atoms with E-state index in [2.05, 4.69) is 16.8 Å². The highest BCUT2D eigenvalue weighted by molar-refractivity contribution is 7.11. The van der Waals surface area contributed by atoms with Gasteiger partial charge in [-0.1, -0.05) is 12.1 Å². The number of carbonyl (C=O) groups excluding carboxylic acids is 1. The van der Waals surface area contributed by atoms with E-state index in [4.69, 9.17) is 14.6 Å². The minimum absolute atomic E-state index is 0.0959. The number of aryl methyl sites for hydroxylation is 1. The van der Waals surface area contributed by atoms with Crippen LogP contribution in [0.15, 0.2) is 30.5 Å². The molecule has 2 saturated heterocycles. The predicted octanol–water partition coefficient (Wildman–Crippen LogP) is 4.36. The maximum absolute atomic E-state index is 13.2. The second kappa shape index (κ2) is 10.7. The van der Waals surface area contributed by atoms with Crippen LogP contribution in [0.5, 0.6) is 5.75 Å². The molecule has 2 aromatic rings. The average Bonchev–Trinajstić information content (AvgIpc) is 3.21. The fourth-order valence-electron chi connectivity index (χ4n) is 4.34. The maximum Gasteiger partial charge on any atom is 0.490 e. The number of thiazole rings is 1. The zero-order valence-corrected chi connectivity index (χ0v) is 19.9. The van der Waals surface area contributed by atoms with Gasteiger partial charge >= 0.3 is 12.1 Å². The first kappa shape index (κ1) is 26.0. The van der Waals surface area contributed by atoms with E-state index in [0.717, 1.165) is 37.6 Å². The van der Waals surface area contributed by atoms with Crippen LogP contribution in [0.2, 0.25) is 0 Å². The van der Waals surface area contributed by atoms with Gasteiger partial charge in [-0.05, 0) is 45.2 Å². The summed E-state index contributed by atoms with van der Waals surface area (Å²) in [5, 5.41) is 8.24. The number of alkyl halides is 3. The van der Waals surface area contributed by atoms with Crippen molar-refractivity contribution in [3.05, 3.63) is 45.9 Å². The normalized spacial score (nSPS) is 20.3. The minimum Gasteiger partial charge on any atom is -0.493 e. The van der Waals surface area contributed by atoms with Gasteiger partial charge in [0.1, 0.15) is 5.75 Å². The SMILES string of the molecule is CCOc1ccccc1C(=O)N1CCCC2(CCN2Cc2cnc(C)s2)C1.O=C(O)C(F)(F)F. The zero-order chi connectivity index (χ0) is 24.9. The number of nitrogens with zero attached hydrogens (tertiary/aromatic N) is 3. The van der Waals surface area contributed by atoms with E-state index in [1.165, 1.54) is 17.7 Å². The molecular formula is C23H28F3N3O4S. The van der Waals surface area contributed by atoms with Crippen molar-refractivity contribution < 1.29 is 32.6 Å². The molecule has 1 aromatic heterocycles. The van der Waals surface area contributed by atoms with Crippen LogP contribution in [-0.4, -0.2) is 69.7 Å². The predicted molar refractivity (Wildman–Crippen MR) is 121 cm³/mol. The lowest BCUT2D eigenvalue weighted by Gasteiger charge is -2.57. The summed E-state index contributed by atoms with van der Waals surface area (Å²) in [6, 6.07) is 7.60. The van der Waals surface area contributed by atoms with Gasteiger partial charge in [0.25, 0.3) is 5.91 Å². The third-order valence-electron chi connectivity index (χ3n) is 6.04. The summed E-state index contributed by atoms with van der Waals surface area (Å²) in [7, 11) is 0. The molecule has 11 heteroatoms. The standard InChI is InChI=1S/C21H27N3O2S.C2HF3O2/c1-3-26-19-8-5-4-7-18(19)20(25)23-11-6-9-21(15-23)10-12-24(21)14-17-13-22-16(2)27-17;3-2(4,5)1(6)7/h4-5,7-8,13H,3,6,9-12,14-15H2,1-2H3;(H,6,7). The summed E-state index contributed by atoms with van der Waals surface area (Å²) in [4.78, 5) is 32.4. The van der Waals surface area contributed by atoms with E-state index < -0.39 is 12.1 Å². The van der Waals surface area contributed by atoms with Crippen LogP contribution in [0.25, 0.3) is 0 Å². The number of halogens is 3. The van der Waals surface area contributed by atoms with Gasteiger partial charge in [-0.2, -0.15) is 13.2 Å².